The molecule has 1 aromatic heterocycles. The van der Waals surface area contributed by atoms with E-state index in [1.54, 1.807) is 0 Å². The number of pyridine rings is 1. The van der Waals surface area contributed by atoms with Crippen molar-refractivity contribution in [2.75, 3.05) is 0 Å². The van der Waals surface area contributed by atoms with Gasteiger partial charge < -0.3 is 0 Å². The molecule has 1 heterocycles. The standard InChI is InChI=1S/C5H2NO6P3/c7-13(8)3-1-2-6-5(15(11)12)4(3)14(9)10/h1-2H. The number of hydrogen-bond acceptors (Lipinski definition) is 7. The molecule has 0 unspecified atom stereocenters. The summed E-state index contributed by atoms with van der Waals surface area (Å²) in [5.41, 5.74) is -0.752. The maximum absolute atomic E-state index is 10.7. The molecule has 0 aliphatic heterocycles. The fourth-order valence-electron chi connectivity index (χ4n) is 0.889. The van der Waals surface area contributed by atoms with Crippen LogP contribution in [0.25, 0.3) is 0 Å². The lowest BCUT2D eigenvalue weighted by Gasteiger charge is -1.94. The first-order valence-corrected chi connectivity index (χ1v) is 6.90. The third kappa shape index (κ3) is 2.45. The van der Waals surface area contributed by atoms with E-state index >= 15 is 0 Å². The second-order valence-corrected chi connectivity index (χ2v) is 5.17. The molecule has 0 aromatic carbocycles. The highest BCUT2D eigenvalue weighted by atomic mass is 31.1. The van der Waals surface area contributed by atoms with Gasteiger partial charge in [0.2, 0.25) is 0 Å². The third-order valence-corrected chi connectivity index (χ3v) is 4.06. The fourth-order valence-corrected chi connectivity index (χ4v) is 3.36. The molecule has 78 valence electrons. The molecule has 0 aliphatic rings. The highest BCUT2D eigenvalue weighted by Crippen LogP contribution is 2.12. The first-order valence-electron chi connectivity index (χ1n) is 3.37. The van der Waals surface area contributed by atoms with Gasteiger partial charge in [-0.3, -0.25) is 0 Å². The second-order valence-electron chi connectivity index (χ2n) is 2.27. The van der Waals surface area contributed by atoms with Crippen LogP contribution in [0.3, 0.4) is 0 Å². The average Bonchev–Trinajstić information content (AvgIpc) is 2.16. The zero-order valence-corrected chi connectivity index (χ0v) is 9.58. The molecule has 0 spiro atoms. The van der Waals surface area contributed by atoms with Crippen LogP contribution < -0.4 is 16.0 Å². The summed E-state index contributed by atoms with van der Waals surface area (Å²) in [5, 5.41) is -1.34. The van der Waals surface area contributed by atoms with E-state index in [1.165, 1.54) is 0 Å². The van der Waals surface area contributed by atoms with Gasteiger partial charge in [-0.2, -0.15) is 0 Å². The zero-order chi connectivity index (χ0) is 11.6. The Kier molecular flexibility index (Phi) is 3.64. The number of hydrogen-bond donors (Lipinski definition) is 0. The minimum absolute atomic E-state index is 0.565. The van der Waals surface area contributed by atoms with Crippen molar-refractivity contribution in [2.45, 2.75) is 0 Å². The van der Waals surface area contributed by atoms with Crippen molar-refractivity contribution in [3.63, 3.8) is 0 Å². The van der Waals surface area contributed by atoms with Crippen molar-refractivity contribution in [1.82, 2.24) is 4.98 Å². The zero-order valence-electron chi connectivity index (χ0n) is 6.89. The van der Waals surface area contributed by atoms with Crippen LogP contribution in [-0.2, 0) is 27.4 Å². The van der Waals surface area contributed by atoms with Gasteiger partial charge in [-0.1, -0.05) is 0 Å². The van der Waals surface area contributed by atoms with E-state index in [9.17, 15) is 27.4 Å². The van der Waals surface area contributed by atoms with Crippen LogP contribution in [0.2, 0.25) is 0 Å². The lowest BCUT2D eigenvalue weighted by molar-refractivity contribution is 0.518. The van der Waals surface area contributed by atoms with Crippen molar-refractivity contribution in [2.24, 2.45) is 0 Å². The summed E-state index contributed by atoms with van der Waals surface area (Å²) in [5.74, 6) is 0. The van der Waals surface area contributed by atoms with Crippen LogP contribution in [0.5, 0.6) is 0 Å². The highest BCUT2D eigenvalue weighted by molar-refractivity contribution is 7.52. The van der Waals surface area contributed by atoms with Gasteiger partial charge >= 0.3 is 23.0 Å². The molecule has 0 atom stereocenters. The Hall–Kier alpha value is -1.15. The van der Waals surface area contributed by atoms with Gasteiger partial charge in [-0.05, 0) is 6.07 Å². The van der Waals surface area contributed by atoms with Gasteiger partial charge in [-0.15, -0.1) is 0 Å². The van der Waals surface area contributed by atoms with E-state index in [0.717, 1.165) is 12.3 Å². The van der Waals surface area contributed by atoms with Crippen molar-refractivity contribution >= 4 is 39.1 Å². The molecular weight excluding hydrogens is 263 g/mol. The summed E-state index contributed by atoms with van der Waals surface area (Å²) in [6.07, 6.45) is 0.920. The van der Waals surface area contributed by atoms with Gasteiger partial charge in [0, 0.05) is 6.20 Å². The first-order chi connectivity index (χ1) is 6.95. The van der Waals surface area contributed by atoms with E-state index in [1.807, 2.05) is 0 Å². The van der Waals surface area contributed by atoms with Gasteiger partial charge in [0.25, 0.3) is 0 Å². The van der Waals surface area contributed by atoms with E-state index in [-0.39, 0.29) is 0 Å². The summed E-state index contributed by atoms with van der Waals surface area (Å²) < 4.78 is 63.9. The molecular formula is C5H2NO6P3. The molecule has 0 N–H and O–H groups in total. The van der Waals surface area contributed by atoms with E-state index < -0.39 is 39.1 Å². The van der Waals surface area contributed by atoms with Gasteiger partial charge in [0.05, 0.1) is 5.30 Å². The first kappa shape index (κ1) is 11.9. The normalized spacial score (nSPS) is 9.60. The van der Waals surface area contributed by atoms with E-state index in [4.69, 9.17) is 0 Å². The van der Waals surface area contributed by atoms with Gasteiger partial charge in [0.1, 0.15) is 5.30 Å². The molecule has 0 fully saturated rings. The van der Waals surface area contributed by atoms with Crippen molar-refractivity contribution < 1.29 is 27.4 Å². The Morgan fingerprint density at radius 3 is 1.87 bits per heavy atom. The van der Waals surface area contributed by atoms with Crippen LogP contribution in [-0.4, -0.2) is 4.98 Å². The molecule has 10 heteroatoms. The van der Waals surface area contributed by atoms with Crippen molar-refractivity contribution in [3.8, 4) is 0 Å². The van der Waals surface area contributed by atoms with Crippen LogP contribution in [0.1, 0.15) is 0 Å². The predicted molar refractivity (Wildman–Crippen MR) is 48.0 cm³/mol. The lowest BCUT2D eigenvalue weighted by Crippen LogP contribution is -2.29. The van der Waals surface area contributed by atoms with Crippen LogP contribution in [0.4, 0.5) is 0 Å². The Morgan fingerprint density at radius 1 is 0.867 bits per heavy atom. The van der Waals surface area contributed by atoms with Crippen LogP contribution in [0, 0.1) is 0 Å². The molecule has 0 saturated carbocycles. The molecule has 0 radical (unpaired) electrons. The fraction of sp³-hybridized carbons (Fsp3) is 0. The minimum Gasteiger partial charge on any atom is -0.245 e. The van der Waals surface area contributed by atoms with Crippen LogP contribution in [0.15, 0.2) is 12.3 Å². The number of aromatic nitrogens is 1. The molecule has 1 rings (SSSR count). The Labute approximate surface area is 84.4 Å². The molecule has 15 heavy (non-hydrogen) atoms. The van der Waals surface area contributed by atoms with Gasteiger partial charge in [0.15, 0.2) is 5.44 Å². The number of rotatable bonds is 3. The maximum atomic E-state index is 10.7. The molecule has 0 aliphatic carbocycles. The molecule has 0 saturated heterocycles. The maximum Gasteiger partial charge on any atom is 0.368 e. The van der Waals surface area contributed by atoms with Crippen molar-refractivity contribution in [3.05, 3.63) is 12.3 Å². The Morgan fingerprint density at radius 2 is 1.47 bits per heavy atom. The monoisotopic (exact) mass is 265 g/mol. The summed E-state index contributed by atoms with van der Waals surface area (Å²) in [6, 6.07) is 0.925. The SMILES string of the molecule is O=P(=O)c1ccnc(P(=O)=O)c1P(=O)=O. The van der Waals surface area contributed by atoms with Crippen molar-refractivity contribution in [1.29, 1.82) is 0 Å². The third-order valence-electron chi connectivity index (χ3n) is 1.44. The summed E-state index contributed by atoms with van der Waals surface area (Å²) >= 11 is 0. The van der Waals surface area contributed by atoms with E-state index in [2.05, 4.69) is 4.98 Å². The molecule has 1 aromatic rings. The molecule has 7 nitrogen and oxygen atoms in total. The second kappa shape index (κ2) is 4.58. The highest BCUT2D eigenvalue weighted by Gasteiger charge is 2.21. The molecule has 0 bridgehead atoms. The molecule has 0 amide bonds. The average molecular weight is 265 g/mol. The van der Waals surface area contributed by atoms with Gasteiger partial charge in [-0.25, -0.2) is 32.4 Å². The van der Waals surface area contributed by atoms with E-state index in [0.29, 0.717) is 0 Å². The summed E-state index contributed by atoms with van der Waals surface area (Å²) in [7, 11) is -9.77. The topological polar surface area (TPSA) is 115 Å². The van der Waals surface area contributed by atoms with Crippen LogP contribution >= 0.6 is 23.0 Å². The largest absolute Gasteiger partial charge is 0.368 e. The smallest absolute Gasteiger partial charge is 0.245 e. The quantitative estimate of drug-likeness (QED) is 0.729. The summed E-state index contributed by atoms with van der Waals surface area (Å²) in [6.45, 7) is 0. The Bertz CT molecular complexity index is 547. The summed E-state index contributed by atoms with van der Waals surface area (Å²) in [4.78, 5) is 3.30. The Balaban J connectivity index is 3.79. The predicted octanol–water partition coefficient (Wildman–Crippen LogP) is 0.476. The number of nitrogens with zero attached hydrogens (tertiary/aromatic N) is 1. The minimum atomic E-state index is -3.33. The lowest BCUT2D eigenvalue weighted by atomic mass is 10.5.